The van der Waals surface area contributed by atoms with Gasteiger partial charge >= 0.3 is 0 Å². The summed E-state index contributed by atoms with van der Waals surface area (Å²) in [6, 6.07) is 12.8. The molecule has 2 aromatic carbocycles. The van der Waals surface area contributed by atoms with Crippen LogP contribution in [0.3, 0.4) is 0 Å². The van der Waals surface area contributed by atoms with E-state index in [1.165, 1.54) is 21.9 Å². The highest BCUT2D eigenvalue weighted by atomic mass is 16.1. The Hall–Kier alpha value is -1.83. The van der Waals surface area contributed by atoms with Crippen molar-refractivity contribution in [3.8, 4) is 0 Å². The summed E-state index contributed by atoms with van der Waals surface area (Å²) in [5.41, 5.74) is 7.71. The summed E-state index contributed by atoms with van der Waals surface area (Å²) in [4.78, 5) is 10.7. The minimum atomic E-state index is -0.220. The van der Waals surface area contributed by atoms with Crippen molar-refractivity contribution in [3.05, 3.63) is 47.5 Å². The van der Waals surface area contributed by atoms with E-state index in [0.29, 0.717) is 6.42 Å². The van der Waals surface area contributed by atoms with Gasteiger partial charge < -0.3 is 5.73 Å². The molecule has 0 atom stereocenters. The highest BCUT2D eigenvalue weighted by Crippen LogP contribution is 2.21. The Morgan fingerprint density at radius 3 is 2.76 bits per heavy atom. The van der Waals surface area contributed by atoms with Crippen LogP contribution in [0.15, 0.2) is 36.4 Å². The normalized spacial score (nSPS) is 10.6. The maximum absolute atomic E-state index is 10.7. The quantitative estimate of drug-likeness (QED) is 0.857. The predicted octanol–water partition coefficient (Wildman–Crippen LogP) is 2.96. The van der Waals surface area contributed by atoms with Crippen molar-refractivity contribution in [1.82, 2.24) is 0 Å². The summed E-state index contributed by atoms with van der Waals surface area (Å²) in [5.74, 6) is -0.220. The second-order valence-corrected chi connectivity index (χ2v) is 4.45. The van der Waals surface area contributed by atoms with E-state index in [-0.39, 0.29) is 5.91 Å². The van der Waals surface area contributed by atoms with Gasteiger partial charge in [-0.1, -0.05) is 36.4 Å². The van der Waals surface area contributed by atoms with E-state index in [2.05, 4.69) is 43.3 Å². The van der Waals surface area contributed by atoms with Crippen LogP contribution in [-0.2, 0) is 11.2 Å². The topological polar surface area (TPSA) is 43.1 Å². The lowest BCUT2D eigenvalue weighted by molar-refractivity contribution is -0.118. The fraction of sp³-hybridized carbons (Fsp3) is 0.267. The molecule has 2 aromatic rings. The van der Waals surface area contributed by atoms with Crippen molar-refractivity contribution in [2.24, 2.45) is 5.73 Å². The molecule has 2 N–H and O–H groups in total. The van der Waals surface area contributed by atoms with E-state index in [0.717, 1.165) is 12.8 Å². The van der Waals surface area contributed by atoms with Crippen molar-refractivity contribution in [2.75, 3.05) is 0 Å². The van der Waals surface area contributed by atoms with Crippen molar-refractivity contribution in [2.45, 2.75) is 26.2 Å². The molecular formula is C15H17NO. The highest BCUT2D eigenvalue weighted by molar-refractivity contribution is 5.86. The number of carbonyl (C=O) groups excluding carboxylic acids is 1. The van der Waals surface area contributed by atoms with Gasteiger partial charge in [0.25, 0.3) is 0 Å². The molecule has 0 radical (unpaired) electrons. The Bertz CT molecular complexity index is 546. The lowest BCUT2D eigenvalue weighted by Crippen LogP contribution is -2.10. The molecule has 88 valence electrons. The zero-order valence-corrected chi connectivity index (χ0v) is 10.1. The third kappa shape index (κ3) is 2.84. The van der Waals surface area contributed by atoms with Crippen LogP contribution in [0.25, 0.3) is 10.8 Å². The molecule has 0 aromatic heterocycles. The predicted molar refractivity (Wildman–Crippen MR) is 70.8 cm³/mol. The van der Waals surface area contributed by atoms with E-state index in [1.807, 2.05) is 0 Å². The van der Waals surface area contributed by atoms with Crippen LogP contribution in [0.5, 0.6) is 0 Å². The monoisotopic (exact) mass is 227 g/mol. The average Bonchev–Trinajstić information content (AvgIpc) is 2.28. The summed E-state index contributed by atoms with van der Waals surface area (Å²) in [5, 5.41) is 2.56. The molecule has 0 aliphatic heterocycles. The van der Waals surface area contributed by atoms with Gasteiger partial charge in [0, 0.05) is 6.42 Å². The highest BCUT2D eigenvalue weighted by Gasteiger charge is 2.01. The molecule has 2 rings (SSSR count). The average molecular weight is 227 g/mol. The van der Waals surface area contributed by atoms with E-state index in [9.17, 15) is 4.79 Å². The van der Waals surface area contributed by atoms with Gasteiger partial charge in [-0.05, 0) is 41.7 Å². The molecule has 0 unspecified atom stereocenters. The number of carbonyl (C=O) groups is 1. The van der Waals surface area contributed by atoms with Crippen molar-refractivity contribution >= 4 is 16.7 Å². The van der Waals surface area contributed by atoms with Crippen LogP contribution in [0.2, 0.25) is 0 Å². The number of primary amides is 1. The standard InChI is InChI=1S/C15H17NO/c1-11-9-12(5-4-8-15(16)17)10-13-6-2-3-7-14(11)13/h2-3,6-7,9-10H,4-5,8H2,1H3,(H2,16,17). The molecule has 2 heteroatoms. The molecule has 0 saturated heterocycles. The van der Waals surface area contributed by atoms with E-state index in [1.54, 1.807) is 0 Å². The summed E-state index contributed by atoms with van der Waals surface area (Å²) in [7, 11) is 0. The van der Waals surface area contributed by atoms with Crippen LogP contribution in [-0.4, -0.2) is 5.91 Å². The first-order valence-corrected chi connectivity index (χ1v) is 5.93. The summed E-state index contributed by atoms with van der Waals surface area (Å²) >= 11 is 0. The Kier molecular flexibility index (Phi) is 3.43. The second kappa shape index (κ2) is 5.00. The molecular weight excluding hydrogens is 210 g/mol. The van der Waals surface area contributed by atoms with Crippen molar-refractivity contribution < 1.29 is 4.79 Å². The second-order valence-electron chi connectivity index (χ2n) is 4.45. The van der Waals surface area contributed by atoms with Gasteiger partial charge in [0.2, 0.25) is 5.91 Å². The van der Waals surface area contributed by atoms with Gasteiger partial charge in [-0.25, -0.2) is 0 Å². The number of rotatable bonds is 4. The Morgan fingerprint density at radius 2 is 2.00 bits per heavy atom. The van der Waals surface area contributed by atoms with Crippen LogP contribution in [0.1, 0.15) is 24.0 Å². The minimum absolute atomic E-state index is 0.220. The molecule has 2 nitrogen and oxygen atoms in total. The Balaban J connectivity index is 2.21. The number of amides is 1. The first-order chi connectivity index (χ1) is 8.16. The van der Waals surface area contributed by atoms with Gasteiger partial charge in [0.1, 0.15) is 0 Å². The summed E-state index contributed by atoms with van der Waals surface area (Å²) in [6.07, 6.45) is 2.20. The first-order valence-electron chi connectivity index (χ1n) is 5.93. The van der Waals surface area contributed by atoms with Crippen LogP contribution in [0, 0.1) is 6.92 Å². The third-order valence-electron chi connectivity index (χ3n) is 3.02. The lowest BCUT2D eigenvalue weighted by Gasteiger charge is -2.06. The van der Waals surface area contributed by atoms with Gasteiger partial charge in [0.15, 0.2) is 0 Å². The molecule has 0 aliphatic rings. The fourth-order valence-electron chi connectivity index (χ4n) is 2.19. The zero-order valence-electron chi connectivity index (χ0n) is 10.1. The minimum Gasteiger partial charge on any atom is -0.370 e. The lowest BCUT2D eigenvalue weighted by atomic mass is 9.99. The molecule has 0 saturated carbocycles. The number of fused-ring (bicyclic) bond motifs is 1. The maximum Gasteiger partial charge on any atom is 0.217 e. The molecule has 17 heavy (non-hydrogen) atoms. The third-order valence-corrected chi connectivity index (χ3v) is 3.02. The molecule has 0 bridgehead atoms. The van der Waals surface area contributed by atoms with E-state index in [4.69, 9.17) is 5.73 Å². The fourth-order valence-corrected chi connectivity index (χ4v) is 2.19. The Labute approximate surface area is 101 Å². The largest absolute Gasteiger partial charge is 0.370 e. The molecule has 0 spiro atoms. The first kappa shape index (κ1) is 11.6. The molecule has 0 aliphatic carbocycles. The van der Waals surface area contributed by atoms with E-state index < -0.39 is 0 Å². The van der Waals surface area contributed by atoms with Crippen LogP contribution >= 0.6 is 0 Å². The van der Waals surface area contributed by atoms with Crippen LogP contribution < -0.4 is 5.73 Å². The molecule has 0 heterocycles. The molecule has 1 amide bonds. The van der Waals surface area contributed by atoms with E-state index >= 15 is 0 Å². The van der Waals surface area contributed by atoms with Crippen LogP contribution in [0.4, 0.5) is 0 Å². The number of hydrogen-bond acceptors (Lipinski definition) is 1. The summed E-state index contributed by atoms with van der Waals surface area (Å²) < 4.78 is 0. The number of benzene rings is 2. The van der Waals surface area contributed by atoms with Gasteiger partial charge in [-0.15, -0.1) is 0 Å². The Morgan fingerprint density at radius 1 is 1.24 bits per heavy atom. The SMILES string of the molecule is Cc1cc(CCCC(N)=O)cc2ccccc12. The van der Waals surface area contributed by atoms with Crippen molar-refractivity contribution in [3.63, 3.8) is 0 Å². The smallest absolute Gasteiger partial charge is 0.217 e. The maximum atomic E-state index is 10.7. The summed E-state index contributed by atoms with van der Waals surface area (Å²) in [6.45, 7) is 2.12. The van der Waals surface area contributed by atoms with Gasteiger partial charge in [0.05, 0.1) is 0 Å². The van der Waals surface area contributed by atoms with Gasteiger partial charge in [-0.2, -0.15) is 0 Å². The number of hydrogen-bond donors (Lipinski definition) is 1. The molecule has 0 fully saturated rings. The van der Waals surface area contributed by atoms with Crippen molar-refractivity contribution in [1.29, 1.82) is 0 Å². The number of nitrogens with two attached hydrogens (primary N) is 1. The number of aryl methyl sites for hydroxylation is 2. The van der Waals surface area contributed by atoms with Gasteiger partial charge in [-0.3, -0.25) is 4.79 Å². The zero-order chi connectivity index (χ0) is 12.3.